The van der Waals surface area contributed by atoms with E-state index in [0.717, 1.165) is 42.1 Å². The lowest BCUT2D eigenvalue weighted by molar-refractivity contribution is -0.159. The van der Waals surface area contributed by atoms with Gasteiger partial charge in [-0.15, -0.1) is 0 Å². The number of hydroxylamine groups is 1. The number of carboxylic acid groups (broad SMARTS) is 2. The molecule has 0 radical (unpaired) electrons. The molecular weight excluding hydrogens is 472 g/mol. The number of rotatable bonds is 9. The lowest BCUT2D eigenvalue weighted by Gasteiger charge is -2.42. The molecule has 3 saturated heterocycles. The number of amidine groups is 1. The molecule has 0 bridgehead atoms. The average molecular weight is 507 g/mol. The Morgan fingerprint density at radius 2 is 1.80 bits per heavy atom. The van der Waals surface area contributed by atoms with Crippen molar-refractivity contribution >= 4 is 29.5 Å². The zero-order valence-electron chi connectivity index (χ0n) is 19.8. The standard InChI is InChI=1S/C24H34N4O6S/c25-23(28-9-11-35-12-10-28)18-3-1-17(2-4-18)20-13-19(34-26-20)14-24(33-16-22(31)32)5-7-27(8-6-24)15-21(29)30/h1-4,19-20,25-26H,5-16H2,(H,29,30)(H,31,32). The summed E-state index contributed by atoms with van der Waals surface area (Å²) in [7, 11) is 0. The third-order valence-electron chi connectivity index (χ3n) is 7.02. The molecule has 192 valence electrons. The minimum Gasteiger partial charge on any atom is -0.480 e. The van der Waals surface area contributed by atoms with Crippen molar-refractivity contribution in [1.82, 2.24) is 15.3 Å². The van der Waals surface area contributed by atoms with Crippen LogP contribution in [0.1, 0.15) is 42.9 Å². The largest absolute Gasteiger partial charge is 0.480 e. The zero-order valence-corrected chi connectivity index (χ0v) is 20.6. The van der Waals surface area contributed by atoms with Crippen molar-refractivity contribution in [2.24, 2.45) is 0 Å². The van der Waals surface area contributed by atoms with Crippen LogP contribution < -0.4 is 5.48 Å². The van der Waals surface area contributed by atoms with E-state index in [0.29, 0.717) is 38.2 Å². The van der Waals surface area contributed by atoms with Crippen molar-refractivity contribution in [1.29, 1.82) is 5.41 Å². The number of carboxylic acids is 2. The summed E-state index contributed by atoms with van der Waals surface area (Å²) in [6.07, 6.45) is 2.23. The lowest BCUT2D eigenvalue weighted by Crippen LogP contribution is -2.49. The summed E-state index contributed by atoms with van der Waals surface area (Å²) in [5.41, 5.74) is 4.45. The number of likely N-dealkylation sites (tertiary alicyclic amines) is 1. The number of nitrogens with zero attached hydrogens (tertiary/aromatic N) is 2. The number of ether oxygens (including phenoxy) is 1. The van der Waals surface area contributed by atoms with Crippen molar-refractivity contribution in [2.45, 2.75) is 43.4 Å². The van der Waals surface area contributed by atoms with Gasteiger partial charge in [0, 0.05) is 49.7 Å². The molecule has 0 amide bonds. The number of aliphatic carboxylic acids is 2. The van der Waals surface area contributed by atoms with E-state index in [9.17, 15) is 9.59 Å². The SMILES string of the molecule is N=C(c1ccc(C2CC(CC3(OCC(=O)O)CCN(CC(=O)O)CC3)ON2)cc1)N1CCSCC1. The van der Waals surface area contributed by atoms with Gasteiger partial charge in [0.2, 0.25) is 0 Å². The molecule has 1 aromatic carbocycles. The predicted octanol–water partition coefficient (Wildman–Crippen LogP) is 1.81. The van der Waals surface area contributed by atoms with Crippen molar-refractivity contribution < 1.29 is 29.4 Å². The Labute approximate surface area is 209 Å². The van der Waals surface area contributed by atoms with E-state index in [-0.39, 0.29) is 25.3 Å². The van der Waals surface area contributed by atoms with Crippen LogP contribution in [0.3, 0.4) is 0 Å². The molecule has 3 aliphatic rings. The number of benzene rings is 1. The topological polar surface area (TPSA) is 135 Å². The minimum atomic E-state index is -1.02. The lowest BCUT2D eigenvalue weighted by atomic mass is 9.84. The van der Waals surface area contributed by atoms with Gasteiger partial charge in [-0.3, -0.25) is 19.9 Å². The molecule has 0 aromatic heterocycles. The van der Waals surface area contributed by atoms with Gasteiger partial charge in [-0.25, -0.2) is 4.79 Å². The summed E-state index contributed by atoms with van der Waals surface area (Å²) in [4.78, 5) is 32.1. The summed E-state index contributed by atoms with van der Waals surface area (Å²) >= 11 is 1.92. The Bertz CT molecular complexity index is 900. The van der Waals surface area contributed by atoms with Crippen LogP contribution in [0.25, 0.3) is 0 Å². The van der Waals surface area contributed by atoms with Crippen LogP contribution in [-0.2, 0) is 19.2 Å². The molecule has 1 aromatic rings. The second-order valence-electron chi connectivity index (χ2n) is 9.46. The van der Waals surface area contributed by atoms with E-state index in [1.54, 1.807) is 0 Å². The monoisotopic (exact) mass is 506 g/mol. The van der Waals surface area contributed by atoms with Gasteiger partial charge < -0.3 is 19.8 Å². The summed E-state index contributed by atoms with van der Waals surface area (Å²) in [5.74, 6) is 0.791. The highest BCUT2D eigenvalue weighted by Crippen LogP contribution is 2.36. The maximum Gasteiger partial charge on any atom is 0.329 e. The molecular formula is C24H34N4O6S. The molecule has 35 heavy (non-hydrogen) atoms. The molecule has 0 aliphatic carbocycles. The van der Waals surface area contributed by atoms with Crippen LogP contribution in [-0.4, -0.2) is 100 Å². The highest BCUT2D eigenvalue weighted by atomic mass is 32.2. The molecule has 10 nitrogen and oxygen atoms in total. The Morgan fingerprint density at radius 1 is 1.11 bits per heavy atom. The third-order valence-corrected chi connectivity index (χ3v) is 7.96. The normalized spacial score (nSPS) is 24.9. The van der Waals surface area contributed by atoms with Crippen molar-refractivity contribution in [3.8, 4) is 0 Å². The maximum atomic E-state index is 11.2. The summed E-state index contributed by atoms with van der Waals surface area (Å²) in [5, 5.41) is 26.7. The first-order chi connectivity index (χ1) is 16.8. The molecule has 0 saturated carbocycles. The van der Waals surface area contributed by atoms with Crippen LogP contribution in [0.5, 0.6) is 0 Å². The van der Waals surface area contributed by atoms with Gasteiger partial charge in [0.15, 0.2) is 0 Å². The first-order valence-electron chi connectivity index (χ1n) is 12.1. The van der Waals surface area contributed by atoms with Gasteiger partial charge in [-0.1, -0.05) is 24.3 Å². The fourth-order valence-electron chi connectivity index (χ4n) is 5.06. The molecule has 3 aliphatic heterocycles. The molecule has 3 fully saturated rings. The van der Waals surface area contributed by atoms with E-state index in [2.05, 4.69) is 10.4 Å². The smallest absolute Gasteiger partial charge is 0.329 e. The van der Waals surface area contributed by atoms with Gasteiger partial charge in [-0.05, 0) is 24.8 Å². The van der Waals surface area contributed by atoms with E-state index in [1.165, 1.54) is 0 Å². The second kappa shape index (κ2) is 11.7. The Hall–Kier alpha value is -2.18. The number of carbonyl (C=O) groups is 2. The summed E-state index contributed by atoms with van der Waals surface area (Å²) in [6.45, 7) is 2.49. The van der Waals surface area contributed by atoms with Crippen molar-refractivity contribution in [3.63, 3.8) is 0 Å². The molecule has 4 N–H and O–H groups in total. The summed E-state index contributed by atoms with van der Waals surface area (Å²) in [6, 6.07) is 8.05. The Balaban J connectivity index is 1.34. The van der Waals surface area contributed by atoms with Gasteiger partial charge in [0.05, 0.1) is 24.3 Å². The molecule has 4 rings (SSSR count). The zero-order chi connectivity index (χ0) is 24.8. The van der Waals surface area contributed by atoms with E-state index >= 15 is 0 Å². The average Bonchev–Trinajstić information content (AvgIpc) is 3.32. The number of piperidine rings is 1. The number of hydrogen-bond acceptors (Lipinski definition) is 8. The highest BCUT2D eigenvalue weighted by molar-refractivity contribution is 7.99. The molecule has 11 heteroatoms. The van der Waals surface area contributed by atoms with Crippen molar-refractivity contribution in [3.05, 3.63) is 35.4 Å². The first kappa shape index (κ1) is 25.9. The molecule has 2 unspecified atom stereocenters. The van der Waals surface area contributed by atoms with Gasteiger partial charge in [0.1, 0.15) is 12.4 Å². The number of thioether (sulfide) groups is 1. The Morgan fingerprint density at radius 3 is 2.43 bits per heavy atom. The Kier molecular flexibility index (Phi) is 8.66. The van der Waals surface area contributed by atoms with Gasteiger partial charge in [0.25, 0.3) is 0 Å². The van der Waals surface area contributed by atoms with Crippen LogP contribution >= 0.6 is 11.8 Å². The van der Waals surface area contributed by atoms with Crippen molar-refractivity contribution in [2.75, 3.05) is 50.8 Å². The molecule has 3 heterocycles. The number of nitrogens with one attached hydrogen (secondary N) is 2. The molecule has 2 atom stereocenters. The fraction of sp³-hybridized carbons (Fsp3) is 0.625. The third kappa shape index (κ3) is 6.95. The summed E-state index contributed by atoms with van der Waals surface area (Å²) < 4.78 is 5.88. The predicted molar refractivity (Wildman–Crippen MR) is 132 cm³/mol. The first-order valence-corrected chi connectivity index (χ1v) is 13.2. The van der Waals surface area contributed by atoms with E-state index in [1.807, 2.05) is 40.9 Å². The highest BCUT2D eigenvalue weighted by Gasteiger charge is 2.41. The van der Waals surface area contributed by atoms with Crippen LogP contribution in [0, 0.1) is 5.41 Å². The fourth-order valence-corrected chi connectivity index (χ4v) is 5.96. The number of hydrogen-bond donors (Lipinski definition) is 4. The van der Waals surface area contributed by atoms with Crippen LogP contribution in [0.15, 0.2) is 24.3 Å². The maximum absolute atomic E-state index is 11.2. The van der Waals surface area contributed by atoms with Crippen LogP contribution in [0.2, 0.25) is 0 Å². The van der Waals surface area contributed by atoms with E-state index in [4.69, 9.17) is 25.2 Å². The van der Waals surface area contributed by atoms with Gasteiger partial charge in [-0.2, -0.15) is 17.2 Å². The molecule has 0 spiro atoms. The van der Waals surface area contributed by atoms with Crippen LogP contribution in [0.4, 0.5) is 0 Å². The quantitative estimate of drug-likeness (QED) is 0.290. The minimum absolute atomic E-state index is 0.00163. The second-order valence-corrected chi connectivity index (χ2v) is 10.7. The van der Waals surface area contributed by atoms with E-state index < -0.39 is 17.5 Å². The van der Waals surface area contributed by atoms with Gasteiger partial charge >= 0.3 is 11.9 Å².